The minimum absolute atomic E-state index is 0. The second-order valence-electron chi connectivity index (χ2n) is 17.3. The van der Waals surface area contributed by atoms with Crippen molar-refractivity contribution in [1.82, 2.24) is 9.55 Å². The van der Waals surface area contributed by atoms with E-state index < -0.39 is 0 Å². The molecule has 12 rings (SSSR count). The van der Waals surface area contributed by atoms with Gasteiger partial charge in [-0.05, 0) is 81.8 Å². The molecule has 0 saturated heterocycles. The van der Waals surface area contributed by atoms with Crippen molar-refractivity contribution in [3.63, 3.8) is 0 Å². The largest absolute Gasteiger partial charge is 0.509 e. The van der Waals surface area contributed by atoms with Gasteiger partial charge < -0.3 is 19.1 Å². The predicted molar refractivity (Wildman–Crippen MR) is 249 cm³/mol. The Morgan fingerprint density at radius 1 is 0.548 bits per heavy atom. The van der Waals surface area contributed by atoms with Gasteiger partial charge in [0.25, 0.3) is 0 Å². The van der Waals surface area contributed by atoms with Crippen LogP contribution in [-0.4, -0.2) is 9.55 Å². The predicted octanol–water partition coefficient (Wildman–Crippen LogP) is 13.7. The van der Waals surface area contributed by atoms with Gasteiger partial charge in [0.2, 0.25) is 0 Å². The van der Waals surface area contributed by atoms with E-state index >= 15 is 0 Å². The van der Waals surface area contributed by atoms with E-state index in [1.165, 1.54) is 27.8 Å². The van der Waals surface area contributed by atoms with Crippen LogP contribution in [0.5, 0.6) is 11.5 Å². The van der Waals surface area contributed by atoms with E-state index in [0.717, 1.165) is 68.8 Å². The Morgan fingerprint density at radius 3 is 1.94 bits per heavy atom. The van der Waals surface area contributed by atoms with Gasteiger partial charge in [-0.25, -0.2) is 4.98 Å². The fraction of sp³-hybridized carbons (Fsp3) is 0.143. The average Bonchev–Trinajstić information content (AvgIpc) is 3.85. The summed E-state index contributed by atoms with van der Waals surface area (Å²) in [5.41, 5.74) is 12.9. The number of rotatable bonds is 4. The number of aryl methyl sites for hydroxylation is 2. The second-order valence-corrected chi connectivity index (χ2v) is 17.3. The molecule has 0 unspecified atom stereocenters. The molecule has 7 aromatic carbocycles. The maximum atomic E-state index is 6.93. The zero-order valence-corrected chi connectivity index (χ0v) is 37.4. The molecule has 0 saturated carbocycles. The Bertz CT molecular complexity index is 3120. The number of pyridine rings is 1. The maximum absolute atomic E-state index is 6.93. The molecule has 5 nitrogen and oxygen atoms in total. The summed E-state index contributed by atoms with van der Waals surface area (Å²) in [6.07, 6.45) is 3.77. The molecule has 0 fully saturated rings. The summed E-state index contributed by atoms with van der Waals surface area (Å²) in [6, 6.07) is 65.9. The van der Waals surface area contributed by atoms with E-state index in [1.54, 1.807) is 0 Å². The first-order valence-electron chi connectivity index (χ1n) is 21.2. The Labute approximate surface area is 378 Å². The average molecular weight is 985 g/mol. The van der Waals surface area contributed by atoms with E-state index in [2.05, 4.69) is 225 Å². The normalized spacial score (nSPS) is 13.5. The van der Waals surface area contributed by atoms with E-state index in [-0.39, 0.29) is 31.9 Å². The van der Waals surface area contributed by atoms with Crippen molar-refractivity contribution in [3.05, 3.63) is 222 Å². The van der Waals surface area contributed by atoms with Crippen molar-refractivity contribution in [2.45, 2.75) is 51.4 Å². The molecule has 9 aromatic rings. The van der Waals surface area contributed by atoms with Gasteiger partial charge in [-0.3, -0.25) is 0 Å². The number of nitrogens with zero attached hydrogens (tertiary/aromatic N) is 4. The smallest absolute Gasteiger partial charge is 0.135 e. The van der Waals surface area contributed by atoms with Crippen LogP contribution in [0.3, 0.4) is 0 Å². The molecule has 0 amide bonds. The minimum Gasteiger partial charge on any atom is -0.509 e. The van der Waals surface area contributed by atoms with E-state index in [1.807, 2.05) is 6.07 Å². The molecule has 0 aliphatic carbocycles. The number of ether oxygens (including phenoxy) is 1. The van der Waals surface area contributed by atoms with Crippen LogP contribution in [0.1, 0.15) is 61.1 Å². The third-order valence-electron chi connectivity index (χ3n) is 13.0. The molecule has 3 aliphatic heterocycles. The molecule has 308 valence electrons. The van der Waals surface area contributed by atoms with Gasteiger partial charge >= 0.3 is 0 Å². The van der Waals surface area contributed by atoms with Crippen LogP contribution in [0.25, 0.3) is 27.6 Å². The van der Waals surface area contributed by atoms with Crippen molar-refractivity contribution in [1.29, 1.82) is 0 Å². The molecule has 2 aromatic heterocycles. The monoisotopic (exact) mass is 984 g/mol. The molecular weight excluding hydrogens is 940 g/mol. The fourth-order valence-electron chi connectivity index (χ4n) is 9.49. The van der Waals surface area contributed by atoms with Crippen LogP contribution in [0.4, 0.5) is 22.7 Å². The molecular formula is C56H45N4OPt-3. The van der Waals surface area contributed by atoms with Crippen LogP contribution in [-0.2, 0) is 44.7 Å². The number of hydrogen-bond acceptors (Lipinski definition) is 4. The van der Waals surface area contributed by atoms with Crippen LogP contribution < -0.4 is 14.5 Å². The Hall–Kier alpha value is -6.42. The summed E-state index contributed by atoms with van der Waals surface area (Å²) >= 11 is 0. The summed E-state index contributed by atoms with van der Waals surface area (Å²) in [6.45, 7) is 11.4. The van der Waals surface area contributed by atoms with Gasteiger partial charge in [0.05, 0.1) is 0 Å². The molecule has 3 aliphatic rings. The molecule has 8 bridgehead atoms. The standard InChI is InChI=1S/C56H45N4O.Pt/c1-55(2,40-18-7-5-8-19-40)42-31-43-33-45(32-42)61-44-29-30-47-46-22-12-14-24-50(46)60(53(47)34-44)54-35-48(56(3,4)41-20-9-6-10-21-41)39(36-57-54)28-27-38-17-11-13-23-49(38)59-37-58(43)51-25-15-16-26-52(51)59;/h5-26,29-32,35-37H,27-28H2,1-4H3;/q-3;. The fourth-order valence-corrected chi connectivity index (χ4v) is 9.49. The third-order valence-corrected chi connectivity index (χ3v) is 13.0. The Morgan fingerprint density at radius 2 is 1.18 bits per heavy atom. The zero-order chi connectivity index (χ0) is 41.3. The van der Waals surface area contributed by atoms with Crippen LogP contribution in [0.2, 0.25) is 0 Å². The molecule has 0 spiro atoms. The molecule has 0 radical (unpaired) electrons. The number of aromatic nitrogens is 2. The van der Waals surface area contributed by atoms with Crippen LogP contribution in [0, 0.1) is 18.8 Å². The summed E-state index contributed by atoms with van der Waals surface area (Å²) < 4.78 is 9.18. The first-order chi connectivity index (χ1) is 29.7. The number of fused-ring (bicyclic) bond motifs is 6. The SMILES string of the molecule is CC(C)(c1ccccc1)c1cc2[c-]c(c1)N1[CH-]N(c3ccccc3CCc3cnc(cc3C(C)(C)c3ccccc3)-n3c4[c-]c(ccc4c4ccccc43)O2)c2ccccc21.[Pt]. The van der Waals surface area contributed by atoms with Crippen molar-refractivity contribution in [2.24, 2.45) is 0 Å². The molecule has 6 heteroatoms. The number of anilines is 4. The molecule has 0 N–H and O–H groups in total. The van der Waals surface area contributed by atoms with Crippen molar-refractivity contribution in [2.75, 3.05) is 9.80 Å². The first kappa shape index (κ1) is 39.7. The van der Waals surface area contributed by atoms with Crippen LogP contribution >= 0.6 is 0 Å². The third kappa shape index (κ3) is 6.62. The van der Waals surface area contributed by atoms with Crippen molar-refractivity contribution in [3.8, 4) is 17.3 Å². The summed E-state index contributed by atoms with van der Waals surface area (Å²) in [4.78, 5) is 9.88. The van der Waals surface area contributed by atoms with Crippen molar-refractivity contribution >= 4 is 44.6 Å². The molecule has 62 heavy (non-hydrogen) atoms. The van der Waals surface area contributed by atoms with Gasteiger partial charge in [-0.1, -0.05) is 142 Å². The number of benzene rings is 7. The maximum Gasteiger partial charge on any atom is 0.135 e. The minimum atomic E-state index is -0.340. The Balaban J connectivity index is 0.00000458. The van der Waals surface area contributed by atoms with Crippen LogP contribution in [0.15, 0.2) is 170 Å². The van der Waals surface area contributed by atoms with Crippen molar-refractivity contribution < 1.29 is 25.8 Å². The van der Waals surface area contributed by atoms with Gasteiger partial charge in [-0.2, -0.15) is 6.07 Å². The summed E-state index contributed by atoms with van der Waals surface area (Å²) in [7, 11) is 0. The van der Waals surface area contributed by atoms with Gasteiger partial charge in [0.1, 0.15) is 5.82 Å². The van der Waals surface area contributed by atoms with E-state index in [4.69, 9.17) is 9.72 Å². The van der Waals surface area contributed by atoms with Gasteiger partial charge in [0.15, 0.2) is 0 Å². The number of para-hydroxylation sites is 4. The Kier molecular flexibility index (Phi) is 9.92. The first-order valence-corrected chi connectivity index (χ1v) is 21.2. The number of hydrogen-bond donors (Lipinski definition) is 0. The summed E-state index contributed by atoms with van der Waals surface area (Å²) in [5, 5.41) is 2.23. The van der Waals surface area contributed by atoms with Gasteiger partial charge in [0, 0.05) is 66.8 Å². The van der Waals surface area contributed by atoms with Gasteiger partial charge in [-0.15, -0.1) is 53.6 Å². The quantitative estimate of drug-likeness (QED) is 0.165. The second kappa shape index (κ2) is 15.5. The molecule has 0 atom stereocenters. The summed E-state index contributed by atoms with van der Waals surface area (Å²) in [5.74, 6) is 2.07. The zero-order valence-electron chi connectivity index (χ0n) is 35.2. The van der Waals surface area contributed by atoms with E-state index in [0.29, 0.717) is 11.5 Å². The van der Waals surface area contributed by atoms with E-state index in [9.17, 15) is 0 Å². The topological polar surface area (TPSA) is 33.5 Å². The molecule has 5 heterocycles.